The molecular formula is C14H13N3O2S. The van der Waals surface area contributed by atoms with Crippen LogP contribution < -0.4 is 4.72 Å². The average Bonchev–Trinajstić information content (AvgIpc) is 2.70. The van der Waals surface area contributed by atoms with E-state index in [1.165, 1.54) is 0 Å². The number of sulfonamides is 1. The Hall–Kier alpha value is -2.21. The molecule has 0 radical (unpaired) electrons. The summed E-state index contributed by atoms with van der Waals surface area (Å²) in [7, 11) is -3.46. The topological polar surface area (TPSA) is 71.4 Å². The fourth-order valence-corrected chi connectivity index (χ4v) is 3.26. The van der Waals surface area contributed by atoms with Crippen LogP contribution in [0.5, 0.6) is 0 Å². The Kier molecular flexibility index (Phi) is 3.02. The van der Waals surface area contributed by atoms with Gasteiger partial charge in [0, 0.05) is 17.5 Å². The Morgan fingerprint density at radius 2 is 2.00 bits per heavy atom. The lowest BCUT2D eigenvalue weighted by molar-refractivity contribution is 0.595. The zero-order valence-electron chi connectivity index (χ0n) is 10.9. The van der Waals surface area contributed by atoms with Crippen LogP contribution in [0.2, 0.25) is 0 Å². The minimum atomic E-state index is -3.46. The number of hydrogen-bond acceptors (Lipinski definition) is 4. The van der Waals surface area contributed by atoms with Gasteiger partial charge >= 0.3 is 0 Å². The summed E-state index contributed by atoms with van der Waals surface area (Å²) in [4.78, 5) is 8.81. The first kappa shape index (κ1) is 12.8. The second-order valence-electron chi connectivity index (χ2n) is 4.57. The summed E-state index contributed by atoms with van der Waals surface area (Å²) in [6.07, 6.45) is 1.74. The van der Waals surface area contributed by atoms with Crippen molar-refractivity contribution in [3.8, 4) is 0 Å². The van der Waals surface area contributed by atoms with Crippen LogP contribution in [0.4, 0.5) is 0 Å². The van der Waals surface area contributed by atoms with Gasteiger partial charge in [0.05, 0.1) is 11.4 Å². The Morgan fingerprint density at radius 1 is 1.20 bits per heavy atom. The molecule has 0 fully saturated rings. The molecule has 1 aliphatic rings. The van der Waals surface area contributed by atoms with Crippen molar-refractivity contribution in [1.29, 1.82) is 0 Å². The fraction of sp³-hybridized carbons (Fsp3) is 0.143. The zero-order chi connectivity index (χ0) is 14.2. The van der Waals surface area contributed by atoms with E-state index in [1.54, 1.807) is 30.5 Å². The van der Waals surface area contributed by atoms with Crippen LogP contribution in [0.25, 0.3) is 0 Å². The number of amidine groups is 1. The highest BCUT2D eigenvalue weighted by Crippen LogP contribution is 2.22. The van der Waals surface area contributed by atoms with Crippen molar-refractivity contribution in [3.05, 3.63) is 59.4 Å². The minimum Gasteiger partial charge on any atom is -0.263 e. The van der Waals surface area contributed by atoms with E-state index in [1.807, 2.05) is 19.1 Å². The third kappa shape index (κ3) is 2.30. The van der Waals surface area contributed by atoms with E-state index in [9.17, 15) is 8.42 Å². The van der Waals surface area contributed by atoms with Gasteiger partial charge in [-0.1, -0.05) is 18.2 Å². The van der Waals surface area contributed by atoms with Crippen molar-refractivity contribution in [2.24, 2.45) is 4.99 Å². The summed E-state index contributed by atoms with van der Waals surface area (Å²) >= 11 is 0. The molecule has 0 saturated heterocycles. The van der Waals surface area contributed by atoms with Gasteiger partial charge in [-0.05, 0) is 30.7 Å². The Balaban J connectivity index is 1.92. The molecule has 5 nitrogen and oxygen atoms in total. The molecule has 102 valence electrons. The van der Waals surface area contributed by atoms with Gasteiger partial charge in [-0.15, -0.1) is 0 Å². The van der Waals surface area contributed by atoms with Gasteiger partial charge in [0.25, 0.3) is 10.0 Å². The molecule has 0 atom stereocenters. The van der Waals surface area contributed by atoms with E-state index in [0.29, 0.717) is 17.9 Å². The van der Waals surface area contributed by atoms with Crippen LogP contribution in [0.15, 0.2) is 52.5 Å². The van der Waals surface area contributed by atoms with Crippen molar-refractivity contribution in [2.45, 2.75) is 18.4 Å². The molecule has 2 heterocycles. The van der Waals surface area contributed by atoms with Gasteiger partial charge in [-0.2, -0.15) is 0 Å². The largest absolute Gasteiger partial charge is 0.263 e. The van der Waals surface area contributed by atoms with E-state index < -0.39 is 10.0 Å². The number of nitrogens with one attached hydrogen (secondary N) is 1. The average molecular weight is 287 g/mol. The SMILES string of the molecule is Cc1ccc(CN=C2NS(=O)(=O)c3ccccc32)cn1. The van der Waals surface area contributed by atoms with Crippen molar-refractivity contribution in [3.63, 3.8) is 0 Å². The van der Waals surface area contributed by atoms with Gasteiger partial charge in [0.15, 0.2) is 0 Å². The Morgan fingerprint density at radius 3 is 2.75 bits per heavy atom. The third-order valence-electron chi connectivity index (χ3n) is 3.06. The van der Waals surface area contributed by atoms with E-state index in [-0.39, 0.29) is 4.90 Å². The summed E-state index contributed by atoms with van der Waals surface area (Å²) in [6.45, 7) is 2.30. The van der Waals surface area contributed by atoms with Crippen LogP contribution in [0.1, 0.15) is 16.8 Å². The smallest absolute Gasteiger partial charge is 0.263 e. The van der Waals surface area contributed by atoms with Gasteiger partial charge in [0.2, 0.25) is 0 Å². The lowest BCUT2D eigenvalue weighted by atomic mass is 10.2. The molecule has 0 amide bonds. The monoisotopic (exact) mass is 287 g/mol. The summed E-state index contributed by atoms with van der Waals surface area (Å²) in [5.74, 6) is 0.390. The van der Waals surface area contributed by atoms with Crippen molar-refractivity contribution < 1.29 is 8.42 Å². The molecule has 2 aromatic rings. The molecule has 0 bridgehead atoms. The molecule has 1 aromatic carbocycles. The highest BCUT2D eigenvalue weighted by Gasteiger charge is 2.29. The van der Waals surface area contributed by atoms with E-state index in [4.69, 9.17) is 0 Å². The Labute approximate surface area is 117 Å². The molecular weight excluding hydrogens is 274 g/mol. The number of aryl methyl sites for hydroxylation is 1. The first-order valence-corrected chi connectivity index (χ1v) is 7.63. The second kappa shape index (κ2) is 4.72. The number of rotatable bonds is 2. The quantitative estimate of drug-likeness (QED) is 0.912. The Bertz CT molecular complexity index is 780. The zero-order valence-corrected chi connectivity index (χ0v) is 11.7. The lowest BCUT2D eigenvalue weighted by Crippen LogP contribution is -2.22. The molecule has 1 aromatic heterocycles. The predicted molar refractivity (Wildman–Crippen MR) is 76.0 cm³/mol. The molecule has 1 N–H and O–H groups in total. The first-order chi connectivity index (χ1) is 9.56. The molecule has 0 unspecified atom stereocenters. The predicted octanol–water partition coefficient (Wildman–Crippen LogP) is 1.63. The number of pyridine rings is 1. The fourth-order valence-electron chi connectivity index (χ4n) is 2.01. The maximum absolute atomic E-state index is 11.9. The molecule has 0 saturated carbocycles. The van der Waals surface area contributed by atoms with Crippen molar-refractivity contribution >= 4 is 15.9 Å². The van der Waals surface area contributed by atoms with Crippen LogP contribution in [-0.4, -0.2) is 19.2 Å². The first-order valence-electron chi connectivity index (χ1n) is 6.14. The normalized spacial score (nSPS) is 17.8. The van der Waals surface area contributed by atoms with E-state index >= 15 is 0 Å². The van der Waals surface area contributed by atoms with Crippen molar-refractivity contribution in [2.75, 3.05) is 0 Å². The second-order valence-corrected chi connectivity index (χ2v) is 6.23. The maximum Gasteiger partial charge on any atom is 0.263 e. The molecule has 0 aliphatic carbocycles. The van der Waals surface area contributed by atoms with Gasteiger partial charge in [0.1, 0.15) is 5.84 Å². The molecule has 1 aliphatic heterocycles. The van der Waals surface area contributed by atoms with Gasteiger partial charge in [-0.25, -0.2) is 8.42 Å². The molecule has 0 spiro atoms. The lowest BCUT2D eigenvalue weighted by Gasteiger charge is -2.00. The van der Waals surface area contributed by atoms with E-state index in [2.05, 4.69) is 14.7 Å². The summed E-state index contributed by atoms with van der Waals surface area (Å²) in [5.41, 5.74) is 2.49. The number of hydrogen-bond donors (Lipinski definition) is 1. The third-order valence-corrected chi connectivity index (χ3v) is 4.45. The van der Waals surface area contributed by atoms with Crippen molar-refractivity contribution in [1.82, 2.24) is 9.71 Å². The molecule has 3 rings (SSSR count). The van der Waals surface area contributed by atoms with Crippen LogP contribution in [-0.2, 0) is 16.6 Å². The van der Waals surface area contributed by atoms with Crippen LogP contribution in [0, 0.1) is 6.92 Å². The van der Waals surface area contributed by atoms with Crippen LogP contribution in [0.3, 0.4) is 0 Å². The number of fused-ring (bicyclic) bond motifs is 1. The number of aromatic nitrogens is 1. The van der Waals surface area contributed by atoms with E-state index in [0.717, 1.165) is 11.3 Å². The molecule has 6 heteroatoms. The number of nitrogens with zero attached hydrogens (tertiary/aromatic N) is 2. The maximum atomic E-state index is 11.9. The number of aliphatic imine (C=N–C) groups is 1. The summed E-state index contributed by atoms with van der Waals surface area (Å²) < 4.78 is 26.3. The van der Waals surface area contributed by atoms with Gasteiger partial charge in [-0.3, -0.25) is 14.7 Å². The highest BCUT2D eigenvalue weighted by molar-refractivity contribution is 7.90. The highest BCUT2D eigenvalue weighted by atomic mass is 32.2. The minimum absolute atomic E-state index is 0.279. The summed E-state index contributed by atoms with van der Waals surface area (Å²) in [6, 6.07) is 10.7. The van der Waals surface area contributed by atoms with Crippen LogP contribution >= 0.6 is 0 Å². The standard InChI is InChI=1S/C14H13N3O2S/c1-10-6-7-11(8-15-10)9-16-14-12-4-2-3-5-13(12)20(18,19)17-14/h2-8H,9H2,1H3,(H,16,17). The summed E-state index contributed by atoms with van der Waals surface area (Å²) in [5, 5.41) is 0. The number of benzene rings is 1. The molecule has 20 heavy (non-hydrogen) atoms. The van der Waals surface area contributed by atoms with Gasteiger partial charge < -0.3 is 0 Å².